The number of ether oxygens (including phenoxy) is 1. The molecule has 0 aromatic heterocycles. The largest absolute Gasteiger partial charge is 0.490 e. The van der Waals surface area contributed by atoms with Gasteiger partial charge in [-0.25, -0.2) is 8.78 Å². The molecule has 4 rings (SSSR count). The summed E-state index contributed by atoms with van der Waals surface area (Å²) in [6.45, 7) is 5.46. The molecular formula is C22H31F2N5O. The number of alkyl halides is 1. The Balaban J connectivity index is 1.46. The lowest BCUT2D eigenvalue weighted by atomic mass is 9.90. The van der Waals surface area contributed by atoms with Crippen LogP contribution < -0.4 is 30.9 Å². The van der Waals surface area contributed by atoms with Gasteiger partial charge in [-0.15, -0.1) is 0 Å². The predicted molar refractivity (Wildman–Crippen MR) is 115 cm³/mol. The van der Waals surface area contributed by atoms with Gasteiger partial charge in [0.2, 0.25) is 0 Å². The van der Waals surface area contributed by atoms with E-state index >= 15 is 0 Å². The molecule has 164 valence electrons. The van der Waals surface area contributed by atoms with Crippen LogP contribution in [0.15, 0.2) is 42.2 Å². The van der Waals surface area contributed by atoms with Crippen LogP contribution in [0.4, 0.5) is 14.5 Å². The van der Waals surface area contributed by atoms with Gasteiger partial charge in [-0.3, -0.25) is 10.6 Å². The first-order valence-electron chi connectivity index (χ1n) is 10.8. The lowest BCUT2D eigenvalue weighted by Crippen LogP contribution is -2.67. The van der Waals surface area contributed by atoms with Gasteiger partial charge in [0.25, 0.3) is 0 Å². The SMILES string of the molecule is CCC(F)COc1cc(F)cc(N2CCC3NC(C4NC=CCN4)NC=C3C2C)c1. The molecule has 6 nitrogen and oxygen atoms in total. The van der Waals surface area contributed by atoms with E-state index in [9.17, 15) is 8.78 Å². The second-order valence-corrected chi connectivity index (χ2v) is 8.08. The highest BCUT2D eigenvalue weighted by atomic mass is 19.1. The standard InChI is InChI=1S/C22H31F2N5O/c1-3-15(23)13-30-18-10-16(24)9-17(11-18)29-8-5-20-19(14(29)2)12-27-22(28-20)21-25-6-4-7-26-21/h4,6,9-12,14-15,20-22,25-28H,3,5,7-8,13H2,1-2H3. The number of anilines is 1. The molecule has 0 radical (unpaired) electrons. The highest BCUT2D eigenvalue weighted by molar-refractivity contribution is 5.55. The van der Waals surface area contributed by atoms with E-state index in [0.717, 1.165) is 25.2 Å². The average Bonchev–Trinajstić information content (AvgIpc) is 2.77. The van der Waals surface area contributed by atoms with Crippen molar-refractivity contribution in [2.75, 3.05) is 24.6 Å². The smallest absolute Gasteiger partial charge is 0.134 e. The summed E-state index contributed by atoms with van der Waals surface area (Å²) < 4.78 is 33.3. The number of benzene rings is 1. The fourth-order valence-corrected chi connectivity index (χ4v) is 4.30. The fourth-order valence-electron chi connectivity index (χ4n) is 4.30. The summed E-state index contributed by atoms with van der Waals surface area (Å²) in [4.78, 5) is 2.18. The zero-order valence-corrected chi connectivity index (χ0v) is 17.5. The third-order valence-electron chi connectivity index (χ3n) is 6.07. The summed E-state index contributed by atoms with van der Waals surface area (Å²) in [7, 11) is 0. The summed E-state index contributed by atoms with van der Waals surface area (Å²) in [5.74, 6) is -0.00738. The van der Waals surface area contributed by atoms with E-state index in [0.29, 0.717) is 12.2 Å². The molecule has 8 heteroatoms. The fraction of sp³-hybridized carbons (Fsp3) is 0.545. The Labute approximate surface area is 176 Å². The average molecular weight is 420 g/mol. The van der Waals surface area contributed by atoms with Crippen LogP contribution in [0.25, 0.3) is 0 Å². The Morgan fingerprint density at radius 2 is 2.10 bits per heavy atom. The van der Waals surface area contributed by atoms with Crippen LogP contribution >= 0.6 is 0 Å². The van der Waals surface area contributed by atoms with Crippen LogP contribution in [0.5, 0.6) is 5.75 Å². The first-order chi connectivity index (χ1) is 14.5. The molecule has 1 saturated heterocycles. The monoisotopic (exact) mass is 419 g/mol. The molecule has 3 aliphatic heterocycles. The second-order valence-electron chi connectivity index (χ2n) is 8.08. The summed E-state index contributed by atoms with van der Waals surface area (Å²) in [6, 6.07) is 4.99. The van der Waals surface area contributed by atoms with Crippen molar-refractivity contribution < 1.29 is 13.5 Å². The third-order valence-corrected chi connectivity index (χ3v) is 6.07. The highest BCUT2D eigenvalue weighted by Crippen LogP contribution is 2.32. The first-order valence-corrected chi connectivity index (χ1v) is 10.8. The van der Waals surface area contributed by atoms with Gasteiger partial charge in [-0.2, -0.15) is 0 Å². The molecule has 0 saturated carbocycles. The van der Waals surface area contributed by atoms with Crippen molar-refractivity contribution in [1.29, 1.82) is 0 Å². The highest BCUT2D eigenvalue weighted by Gasteiger charge is 2.36. The topological polar surface area (TPSA) is 60.6 Å². The summed E-state index contributed by atoms with van der Waals surface area (Å²) >= 11 is 0. The Hall–Kier alpha value is -2.32. The van der Waals surface area contributed by atoms with Gasteiger partial charge < -0.3 is 20.3 Å². The number of piperidine rings is 1. The van der Waals surface area contributed by atoms with E-state index in [1.165, 1.54) is 17.7 Å². The molecule has 3 heterocycles. The van der Waals surface area contributed by atoms with E-state index in [-0.39, 0.29) is 36.8 Å². The number of hydrogen-bond acceptors (Lipinski definition) is 6. The number of hydrogen-bond donors (Lipinski definition) is 4. The molecular weight excluding hydrogens is 388 g/mol. The molecule has 30 heavy (non-hydrogen) atoms. The van der Waals surface area contributed by atoms with Gasteiger partial charge in [0, 0.05) is 43.2 Å². The number of rotatable bonds is 6. The summed E-state index contributed by atoms with van der Waals surface area (Å²) in [6.07, 6.45) is 6.56. The molecule has 0 bridgehead atoms. The van der Waals surface area contributed by atoms with Crippen molar-refractivity contribution in [3.63, 3.8) is 0 Å². The lowest BCUT2D eigenvalue weighted by molar-refractivity contribution is 0.191. The first kappa shape index (κ1) is 20.9. The van der Waals surface area contributed by atoms with E-state index in [4.69, 9.17) is 4.74 Å². The van der Waals surface area contributed by atoms with E-state index < -0.39 is 6.17 Å². The quantitative estimate of drug-likeness (QED) is 0.568. The minimum absolute atomic E-state index is 0.0597. The van der Waals surface area contributed by atoms with Crippen LogP contribution in [0.2, 0.25) is 0 Å². The van der Waals surface area contributed by atoms with E-state index in [1.54, 1.807) is 13.0 Å². The van der Waals surface area contributed by atoms with Crippen molar-refractivity contribution in [3.05, 3.63) is 48.1 Å². The molecule has 4 N–H and O–H groups in total. The van der Waals surface area contributed by atoms with Crippen LogP contribution in [-0.4, -0.2) is 50.3 Å². The van der Waals surface area contributed by atoms with Crippen LogP contribution in [0.3, 0.4) is 0 Å². The van der Waals surface area contributed by atoms with Crippen LogP contribution in [0.1, 0.15) is 26.7 Å². The summed E-state index contributed by atoms with van der Waals surface area (Å²) in [5.41, 5.74) is 2.00. The minimum Gasteiger partial charge on any atom is -0.490 e. The molecule has 0 aliphatic carbocycles. The van der Waals surface area contributed by atoms with E-state index in [1.807, 2.05) is 12.3 Å². The Kier molecular flexibility index (Phi) is 6.43. The normalized spacial score (nSPS) is 29.3. The zero-order chi connectivity index (χ0) is 21.1. The summed E-state index contributed by atoms with van der Waals surface area (Å²) in [5, 5.41) is 13.9. The van der Waals surface area contributed by atoms with Gasteiger partial charge in [-0.1, -0.05) is 13.0 Å². The number of halogens is 2. The Bertz CT molecular complexity index is 802. The van der Waals surface area contributed by atoms with Gasteiger partial charge in [-0.05, 0) is 37.6 Å². The lowest BCUT2D eigenvalue weighted by Gasteiger charge is -2.46. The molecule has 1 fully saturated rings. The third kappa shape index (κ3) is 4.54. The van der Waals surface area contributed by atoms with Crippen molar-refractivity contribution >= 4 is 5.69 Å². The Morgan fingerprint density at radius 3 is 2.87 bits per heavy atom. The van der Waals surface area contributed by atoms with Crippen molar-refractivity contribution in [3.8, 4) is 5.75 Å². The number of nitrogens with one attached hydrogen (secondary N) is 4. The molecule has 0 amide bonds. The number of nitrogens with zero attached hydrogens (tertiary/aromatic N) is 1. The zero-order valence-electron chi connectivity index (χ0n) is 17.5. The maximum Gasteiger partial charge on any atom is 0.134 e. The predicted octanol–water partition coefficient (Wildman–Crippen LogP) is 2.36. The van der Waals surface area contributed by atoms with Gasteiger partial charge >= 0.3 is 0 Å². The molecule has 3 aliphatic rings. The van der Waals surface area contributed by atoms with Crippen molar-refractivity contribution in [2.24, 2.45) is 0 Å². The second kappa shape index (κ2) is 9.22. The van der Waals surface area contributed by atoms with E-state index in [2.05, 4.69) is 39.3 Å². The van der Waals surface area contributed by atoms with Crippen LogP contribution in [0, 0.1) is 5.82 Å². The number of fused-ring (bicyclic) bond motifs is 1. The maximum absolute atomic E-state index is 14.2. The maximum atomic E-state index is 14.2. The van der Waals surface area contributed by atoms with Gasteiger partial charge in [0.15, 0.2) is 0 Å². The van der Waals surface area contributed by atoms with Crippen LogP contribution in [-0.2, 0) is 0 Å². The van der Waals surface area contributed by atoms with Gasteiger partial charge in [0.1, 0.15) is 36.7 Å². The molecule has 5 atom stereocenters. The van der Waals surface area contributed by atoms with Crippen molar-refractivity contribution in [1.82, 2.24) is 21.3 Å². The van der Waals surface area contributed by atoms with Gasteiger partial charge in [0.05, 0.1) is 6.04 Å². The molecule has 1 aromatic rings. The van der Waals surface area contributed by atoms with Crippen molar-refractivity contribution in [2.45, 2.75) is 57.3 Å². The molecule has 5 unspecified atom stereocenters. The Morgan fingerprint density at radius 1 is 1.23 bits per heavy atom. The molecule has 1 aromatic carbocycles. The minimum atomic E-state index is -1.05. The molecule has 0 spiro atoms.